The van der Waals surface area contributed by atoms with E-state index in [1.54, 1.807) is 12.1 Å². The van der Waals surface area contributed by atoms with Crippen LogP contribution in [0.25, 0.3) is 0 Å². The van der Waals surface area contributed by atoms with E-state index in [4.69, 9.17) is 14.1 Å². The molecule has 38 heavy (non-hydrogen) atoms. The lowest BCUT2D eigenvalue weighted by Gasteiger charge is -2.58. The number of amides is 2. The van der Waals surface area contributed by atoms with E-state index < -0.39 is 11.5 Å². The molecule has 0 bridgehead atoms. The summed E-state index contributed by atoms with van der Waals surface area (Å²) in [5.74, 6) is -0.467. The Kier molecular flexibility index (Phi) is 7.93. The molecule has 0 spiro atoms. The van der Waals surface area contributed by atoms with Gasteiger partial charge < -0.3 is 24.7 Å². The number of carbonyl (C=O) groups excluding carboxylic acids is 2. The summed E-state index contributed by atoms with van der Waals surface area (Å²) in [6, 6.07) is 3.25. The lowest BCUT2D eigenvalue weighted by molar-refractivity contribution is -0.144. The van der Waals surface area contributed by atoms with Crippen molar-refractivity contribution in [3.63, 3.8) is 0 Å². The molecule has 3 heterocycles. The summed E-state index contributed by atoms with van der Waals surface area (Å²) in [6.07, 6.45) is 2.99. The largest absolute Gasteiger partial charge is 0.459 e. The minimum Gasteiger partial charge on any atom is -0.459 e. The lowest BCUT2D eigenvalue weighted by atomic mass is 9.47. The molecule has 5 atom stereocenters. The maximum Gasteiger partial charge on any atom is 0.293 e. The molecular formula is C27H38N4O6S. The van der Waals surface area contributed by atoms with Gasteiger partial charge in [-0.15, -0.1) is 11.3 Å². The zero-order valence-electron chi connectivity index (χ0n) is 22.1. The fourth-order valence-corrected chi connectivity index (χ4v) is 7.77. The van der Waals surface area contributed by atoms with Gasteiger partial charge in [0.2, 0.25) is 5.91 Å². The Morgan fingerprint density at radius 2 is 2.08 bits per heavy atom. The second-order valence-corrected chi connectivity index (χ2v) is 12.4. The zero-order valence-corrected chi connectivity index (χ0v) is 22.9. The molecule has 2 amide bonds. The molecule has 0 aromatic carbocycles. The molecule has 11 heteroatoms. The highest BCUT2D eigenvalue weighted by atomic mass is 32.1. The number of fused-ring (bicyclic) bond motifs is 2. The standard InChI is InChI=1S/C27H38N4O6S/c1-26-6-5-21(33)27(2,16-32)20(26)15-19-23(29-25(38-19)30-24(35)18-4-3-11-37-18)17(26)14-22(34)28-7-8-31-9-12-36-13-10-31/h3-4,11,17,20-21,32-33H,5-10,12-16H2,1-2H3,(H,28,34)(H,29,30,35). The fourth-order valence-electron chi connectivity index (χ4n) is 6.70. The van der Waals surface area contributed by atoms with E-state index in [1.165, 1.54) is 17.6 Å². The van der Waals surface area contributed by atoms with Gasteiger partial charge in [0.05, 0.1) is 37.9 Å². The van der Waals surface area contributed by atoms with Crippen LogP contribution in [0.1, 0.15) is 60.2 Å². The number of nitrogens with one attached hydrogen (secondary N) is 2. The molecule has 208 valence electrons. The third-order valence-electron chi connectivity index (χ3n) is 9.10. The van der Waals surface area contributed by atoms with Crippen molar-refractivity contribution >= 4 is 28.3 Å². The van der Waals surface area contributed by atoms with Crippen LogP contribution in [-0.2, 0) is 16.0 Å². The van der Waals surface area contributed by atoms with Crippen molar-refractivity contribution in [2.24, 2.45) is 16.7 Å². The number of aliphatic hydroxyl groups is 2. The van der Waals surface area contributed by atoms with Crippen molar-refractivity contribution < 1.29 is 29.0 Å². The molecule has 0 radical (unpaired) electrons. The summed E-state index contributed by atoms with van der Waals surface area (Å²) in [6.45, 7) is 8.50. The van der Waals surface area contributed by atoms with E-state index in [0.29, 0.717) is 24.5 Å². The molecule has 2 aromatic heterocycles. The molecule has 1 saturated heterocycles. The average Bonchev–Trinajstić information content (AvgIpc) is 3.59. The first-order chi connectivity index (χ1) is 18.2. The van der Waals surface area contributed by atoms with Gasteiger partial charge in [-0.1, -0.05) is 13.8 Å². The normalized spacial score (nSPS) is 31.3. The quantitative estimate of drug-likeness (QED) is 0.396. The number of nitrogens with zero attached hydrogens (tertiary/aromatic N) is 2. The Bertz CT molecular complexity index is 1130. The van der Waals surface area contributed by atoms with E-state index in [-0.39, 0.29) is 47.9 Å². The Morgan fingerprint density at radius 3 is 2.79 bits per heavy atom. The maximum absolute atomic E-state index is 13.3. The van der Waals surface area contributed by atoms with Crippen LogP contribution >= 0.6 is 11.3 Å². The first kappa shape index (κ1) is 27.3. The van der Waals surface area contributed by atoms with Crippen molar-refractivity contribution in [1.29, 1.82) is 0 Å². The highest BCUT2D eigenvalue weighted by molar-refractivity contribution is 7.15. The number of thiazole rings is 1. The van der Waals surface area contributed by atoms with Crippen LogP contribution < -0.4 is 10.6 Å². The second-order valence-electron chi connectivity index (χ2n) is 11.3. The molecule has 5 rings (SSSR count). The minimum atomic E-state index is -0.697. The average molecular weight is 547 g/mol. The van der Waals surface area contributed by atoms with Crippen LogP contribution in [0.2, 0.25) is 0 Å². The van der Waals surface area contributed by atoms with E-state index >= 15 is 0 Å². The first-order valence-electron chi connectivity index (χ1n) is 13.4. The van der Waals surface area contributed by atoms with Gasteiger partial charge in [-0.05, 0) is 42.7 Å². The summed E-state index contributed by atoms with van der Waals surface area (Å²) in [5, 5.41) is 27.8. The van der Waals surface area contributed by atoms with Crippen LogP contribution in [0.5, 0.6) is 0 Å². The van der Waals surface area contributed by atoms with Gasteiger partial charge >= 0.3 is 0 Å². The van der Waals surface area contributed by atoms with Gasteiger partial charge in [0.15, 0.2) is 10.9 Å². The number of aromatic nitrogens is 1. The Labute approximate surface area is 226 Å². The van der Waals surface area contributed by atoms with E-state index in [9.17, 15) is 19.8 Å². The number of ether oxygens (including phenoxy) is 1. The van der Waals surface area contributed by atoms with E-state index in [2.05, 4.69) is 22.5 Å². The summed E-state index contributed by atoms with van der Waals surface area (Å²) < 4.78 is 10.6. The van der Waals surface area contributed by atoms with Gasteiger partial charge in [0.25, 0.3) is 5.91 Å². The van der Waals surface area contributed by atoms with Gasteiger partial charge in [0, 0.05) is 48.8 Å². The molecule has 3 aliphatic rings. The number of hydrogen-bond donors (Lipinski definition) is 4. The summed E-state index contributed by atoms with van der Waals surface area (Å²) in [4.78, 5) is 34.0. The molecule has 5 unspecified atom stereocenters. The molecule has 2 aliphatic carbocycles. The third-order valence-corrected chi connectivity index (χ3v) is 10.1. The molecule has 1 aliphatic heterocycles. The Hall–Kier alpha value is -2.31. The van der Waals surface area contributed by atoms with Crippen LogP contribution in [0.4, 0.5) is 5.13 Å². The van der Waals surface area contributed by atoms with Crippen LogP contribution in [0, 0.1) is 16.7 Å². The first-order valence-corrected chi connectivity index (χ1v) is 14.3. The van der Waals surface area contributed by atoms with E-state index in [0.717, 1.165) is 49.8 Å². The monoisotopic (exact) mass is 546 g/mol. The maximum atomic E-state index is 13.3. The fraction of sp³-hybridized carbons (Fsp3) is 0.667. The number of furan rings is 1. The molecule has 2 fully saturated rings. The third kappa shape index (κ3) is 5.14. The zero-order chi connectivity index (χ0) is 26.9. The van der Waals surface area contributed by atoms with Crippen molar-refractivity contribution in [2.75, 3.05) is 51.3 Å². The predicted molar refractivity (Wildman–Crippen MR) is 142 cm³/mol. The van der Waals surface area contributed by atoms with E-state index in [1.807, 2.05) is 6.92 Å². The van der Waals surface area contributed by atoms with Gasteiger partial charge in [-0.3, -0.25) is 19.8 Å². The van der Waals surface area contributed by atoms with Crippen LogP contribution in [0.3, 0.4) is 0 Å². The number of morpholine rings is 1. The summed E-state index contributed by atoms with van der Waals surface area (Å²) >= 11 is 1.40. The summed E-state index contributed by atoms with van der Waals surface area (Å²) in [5.41, 5.74) is -0.206. The molecule has 4 N–H and O–H groups in total. The number of hydrogen-bond acceptors (Lipinski definition) is 9. The minimum absolute atomic E-state index is 0.0397. The van der Waals surface area contributed by atoms with Gasteiger partial charge in [-0.25, -0.2) is 4.98 Å². The SMILES string of the molecule is CC1(CO)C(O)CCC2(C)C(CC(=O)NCCN3CCOCC3)c3nc(NC(=O)c4ccco4)sc3CC12. The van der Waals surface area contributed by atoms with Crippen LogP contribution in [0.15, 0.2) is 22.8 Å². The molecule has 10 nitrogen and oxygen atoms in total. The molecular weight excluding hydrogens is 508 g/mol. The van der Waals surface area contributed by atoms with Crippen LogP contribution in [-0.4, -0.2) is 84.0 Å². The van der Waals surface area contributed by atoms with Gasteiger partial charge in [0.1, 0.15) is 0 Å². The molecule has 1 saturated carbocycles. The number of anilines is 1. The lowest BCUT2D eigenvalue weighted by Crippen LogP contribution is -2.57. The topological polar surface area (TPSA) is 137 Å². The Morgan fingerprint density at radius 1 is 1.29 bits per heavy atom. The van der Waals surface area contributed by atoms with Crippen molar-refractivity contribution in [3.8, 4) is 0 Å². The smallest absolute Gasteiger partial charge is 0.293 e. The number of carbonyl (C=O) groups is 2. The Balaban J connectivity index is 1.38. The number of rotatable bonds is 8. The molecule has 2 aromatic rings. The van der Waals surface area contributed by atoms with Crippen molar-refractivity contribution in [1.82, 2.24) is 15.2 Å². The highest BCUT2D eigenvalue weighted by Gasteiger charge is 2.59. The van der Waals surface area contributed by atoms with Crippen molar-refractivity contribution in [3.05, 3.63) is 34.7 Å². The predicted octanol–water partition coefficient (Wildman–Crippen LogP) is 2.24. The second kappa shape index (κ2) is 11.1. The number of aliphatic hydroxyl groups excluding tert-OH is 2. The van der Waals surface area contributed by atoms with Crippen molar-refractivity contribution in [2.45, 2.75) is 51.6 Å². The highest BCUT2D eigenvalue weighted by Crippen LogP contribution is 2.62. The summed E-state index contributed by atoms with van der Waals surface area (Å²) in [7, 11) is 0. The van der Waals surface area contributed by atoms with Gasteiger partial charge in [-0.2, -0.15) is 0 Å².